The zero-order valence-corrected chi connectivity index (χ0v) is 44.9. The van der Waals surface area contributed by atoms with Gasteiger partial charge in [0.15, 0.2) is 11.0 Å². The third-order valence-electron chi connectivity index (χ3n) is 9.10. The molecule has 0 aromatic rings. The lowest BCUT2D eigenvalue weighted by molar-refractivity contribution is -0.139. The molecule has 2 rings (SSSR count). The molecule has 2 unspecified atom stereocenters. The van der Waals surface area contributed by atoms with E-state index in [1.165, 1.54) is 24.3 Å². The molecular weight excluding hydrogens is 1080 g/mol. The molecule has 0 radical (unpaired) electrons. The van der Waals surface area contributed by atoms with Crippen LogP contribution in [0.4, 0.5) is 0 Å². The van der Waals surface area contributed by atoms with Crippen LogP contribution in [0, 0.1) is 11.8 Å². The first-order valence-electron chi connectivity index (χ1n) is 21.5. The van der Waals surface area contributed by atoms with Crippen molar-refractivity contribution >= 4 is 134 Å². The summed E-state index contributed by atoms with van der Waals surface area (Å²) in [5, 5.41) is 10.8. The zero-order valence-electron chi connectivity index (χ0n) is 38.1. The molecule has 0 aromatic carbocycles. The molecule has 0 bridgehead atoms. The number of carbonyl (C=O) groups excluding carboxylic acids is 10. The van der Waals surface area contributed by atoms with Gasteiger partial charge in [-0.25, -0.2) is 0 Å². The Morgan fingerprint density at radius 1 is 0.479 bits per heavy atom. The number of carbonyl (C=O) groups is 10. The smallest absolute Gasteiger partial charge is 0.253 e. The van der Waals surface area contributed by atoms with Crippen LogP contribution in [0.15, 0.2) is 24.3 Å². The Kier molecular flexibility index (Phi) is 51.5. The van der Waals surface area contributed by atoms with Crippen molar-refractivity contribution in [2.45, 2.75) is 87.5 Å². The van der Waals surface area contributed by atoms with E-state index < -0.39 is 23.6 Å². The van der Waals surface area contributed by atoms with E-state index in [1.807, 2.05) is 13.8 Å². The van der Waals surface area contributed by atoms with Crippen LogP contribution in [0.2, 0.25) is 0 Å². The highest BCUT2D eigenvalue weighted by Gasteiger charge is 2.24. The van der Waals surface area contributed by atoms with E-state index in [0.717, 1.165) is 62.4 Å². The molecule has 4 N–H and O–H groups in total. The Morgan fingerprint density at radius 2 is 0.789 bits per heavy atom. The minimum atomic E-state index is -0.411. The van der Waals surface area contributed by atoms with Crippen molar-refractivity contribution in [1.29, 1.82) is 0 Å². The lowest BCUT2D eigenvalue weighted by atomic mass is 10.1. The molecule has 0 saturated heterocycles. The predicted octanol–water partition coefficient (Wildman–Crippen LogP) is 4.24. The molecule has 28 heteroatoms. The first kappa shape index (κ1) is 74.4. The van der Waals surface area contributed by atoms with Crippen molar-refractivity contribution in [1.82, 2.24) is 31.1 Å². The first-order chi connectivity index (χ1) is 32.6. The van der Waals surface area contributed by atoms with E-state index in [9.17, 15) is 47.9 Å². The van der Waals surface area contributed by atoms with Gasteiger partial charge in [-0.1, -0.05) is 49.0 Å². The Bertz CT molecular complexity index is 1630. The summed E-state index contributed by atoms with van der Waals surface area (Å²) in [7, 11) is 2.49. The monoisotopic (exact) mass is 1150 g/mol. The van der Waals surface area contributed by atoms with Gasteiger partial charge in [0.2, 0.25) is 23.6 Å². The van der Waals surface area contributed by atoms with Gasteiger partial charge in [0.05, 0.1) is 54.4 Å². The average Bonchev–Trinajstić information content (AvgIpc) is 3.83. The summed E-state index contributed by atoms with van der Waals surface area (Å²) in [6.07, 6.45) is 9.56. The van der Waals surface area contributed by atoms with Crippen molar-refractivity contribution in [3.05, 3.63) is 24.3 Å². The molecule has 2 aliphatic rings. The summed E-state index contributed by atoms with van der Waals surface area (Å²) < 4.78 is 21.1. The summed E-state index contributed by atoms with van der Waals surface area (Å²) in [5.41, 5.74) is 0.125. The minimum absolute atomic E-state index is 0. The maximum atomic E-state index is 11.7. The van der Waals surface area contributed by atoms with Crippen LogP contribution in [-0.2, 0) is 114 Å². The highest BCUT2D eigenvalue weighted by atomic mass is 32.7. The summed E-state index contributed by atoms with van der Waals surface area (Å²) in [4.78, 5) is 117. The van der Waals surface area contributed by atoms with Gasteiger partial charge in [-0.05, 0) is 72.9 Å². The van der Waals surface area contributed by atoms with Crippen molar-refractivity contribution in [3.8, 4) is 0 Å². The number of ether oxygens (including phenoxy) is 4. The van der Waals surface area contributed by atoms with Gasteiger partial charge in [0.25, 0.3) is 23.6 Å². The molecule has 8 amide bonds. The van der Waals surface area contributed by atoms with Gasteiger partial charge in [-0.2, -0.15) is 0 Å². The molecule has 20 nitrogen and oxygen atoms in total. The highest BCUT2D eigenvalue weighted by Crippen LogP contribution is 2.15. The Morgan fingerprint density at radius 3 is 1.10 bits per heavy atom. The third kappa shape index (κ3) is 40.0. The largest absolute Gasteiger partial charge is 0.377 e. The second-order valence-electron chi connectivity index (χ2n) is 14.4. The van der Waals surface area contributed by atoms with Crippen LogP contribution in [0.3, 0.4) is 0 Å². The molecular formula is C43H72N6O14P4S4. The fourth-order valence-corrected chi connectivity index (χ4v) is 7.03. The van der Waals surface area contributed by atoms with Crippen molar-refractivity contribution < 1.29 is 66.9 Å². The van der Waals surface area contributed by atoms with Gasteiger partial charge in [-0.3, -0.25) is 57.7 Å². The maximum absolute atomic E-state index is 11.7. The first-order valence-corrected chi connectivity index (χ1v) is 29.8. The summed E-state index contributed by atoms with van der Waals surface area (Å²) >= 11 is 18.2. The lowest BCUT2D eigenvalue weighted by Gasteiger charge is -2.13. The standard InChI is InChI=1S/2C20H30N3O7PS.3CH4.P2S2/c2*1-15(20(28)31-32)4-2-3-8-21-17(25)14-30-13-12-29-11-9-22-16(24)7-10-23-18(26)5-6-19(23)27;;;;3-1-2-4/h2*5-6,15H,2-4,7-14H2,1H3,(H,21,25)(H,22,24);3*1H4;. The average molecular weight is 1150 g/mol. The number of hydrogen-bond donors (Lipinski definition) is 4. The van der Waals surface area contributed by atoms with Gasteiger partial charge >= 0.3 is 0 Å². The summed E-state index contributed by atoms with van der Waals surface area (Å²) in [6.45, 7) is 6.91. The van der Waals surface area contributed by atoms with Gasteiger partial charge in [0, 0.05) is 102 Å². The normalized spacial score (nSPS) is 13.2. The number of unbranched alkanes of at least 4 members (excludes halogenated alkanes) is 2. The molecule has 2 heterocycles. The summed E-state index contributed by atoms with van der Waals surface area (Å²) in [5.74, 6) is -2.71. The van der Waals surface area contributed by atoms with Crippen molar-refractivity contribution in [2.75, 3.05) is 92.1 Å². The van der Waals surface area contributed by atoms with E-state index in [-0.39, 0.29) is 161 Å². The van der Waals surface area contributed by atoms with Crippen LogP contribution in [0.1, 0.15) is 87.5 Å². The molecule has 402 valence electrons. The molecule has 0 aromatic heterocycles. The fourth-order valence-electron chi connectivity index (χ4n) is 5.34. The highest BCUT2D eigenvalue weighted by molar-refractivity contribution is 8.40. The molecule has 0 saturated carbocycles. The van der Waals surface area contributed by atoms with Gasteiger partial charge in [-0.15, -0.1) is 0 Å². The van der Waals surface area contributed by atoms with E-state index >= 15 is 0 Å². The van der Waals surface area contributed by atoms with E-state index in [2.05, 4.69) is 44.9 Å². The van der Waals surface area contributed by atoms with E-state index in [0.29, 0.717) is 27.8 Å². The number of nitrogens with one attached hydrogen (secondary N) is 4. The van der Waals surface area contributed by atoms with E-state index in [4.69, 9.17) is 42.6 Å². The lowest BCUT2D eigenvalue weighted by Crippen LogP contribution is -2.35. The van der Waals surface area contributed by atoms with Crippen LogP contribution in [0.25, 0.3) is 0 Å². The second-order valence-corrected chi connectivity index (χ2v) is 21.0. The molecule has 0 aliphatic carbocycles. The quantitative estimate of drug-likeness (QED) is 0.0385. The van der Waals surface area contributed by atoms with Crippen LogP contribution < -0.4 is 21.3 Å². The predicted molar refractivity (Wildman–Crippen MR) is 290 cm³/mol. The van der Waals surface area contributed by atoms with Crippen molar-refractivity contribution in [2.24, 2.45) is 11.8 Å². The fraction of sp³-hybridized carbons (Fsp3) is 0.674. The topological polar surface area (TPSA) is 262 Å². The number of hydrogen-bond acceptors (Lipinski definition) is 18. The number of nitrogens with zero attached hydrogens (tertiary/aromatic N) is 2. The zero-order chi connectivity index (χ0) is 51.0. The maximum Gasteiger partial charge on any atom is 0.253 e. The second kappa shape index (κ2) is 49.1. The van der Waals surface area contributed by atoms with Crippen LogP contribution in [-0.4, -0.2) is 160 Å². The Hall–Kier alpha value is -3.10. The van der Waals surface area contributed by atoms with Gasteiger partial charge in [0.1, 0.15) is 13.2 Å². The Balaban J connectivity index is -0.000000565. The van der Waals surface area contributed by atoms with E-state index in [1.54, 1.807) is 0 Å². The number of imide groups is 2. The molecule has 71 heavy (non-hydrogen) atoms. The van der Waals surface area contributed by atoms with Crippen LogP contribution >= 0.6 is 28.8 Å². The number of rotatable bonds is 37. The molecule has 2 aliphatic heterocycles. The van der Waals surface area contributed by atoms with Gasteiger partial charge < -0.3 is 40.2 Å². The molecule has 2 atom stereocenters. The Labute approximate surface area is 445 Å². The van der Waals surface area contributed by atoms with Crippen molar-refractivity contribution in [3.63, 3.8) is 0 Å². The third-order valence-corrected chi connectivity index (χ3v) is 14.1. The van der Waals surface area contributed by atoms with Crippen LogP contribution in [0.5, 0.6) is 0 Å². The molecule has 0 spiro atoms. The summed E-state index contributed by atoms with van der Waals surface area (Å²) in [6, 6.07) is 0. The number of amides is 8. The SMILES string of the molecule is C.C.C.CC(CCCCNC(=O)COCCOCCNC(=O)CCN1C(=O)C=CC1=O)C(=O)P=S.CC(CCCCNC(=O)COCCOCCNC(=O)CCN1C(=O)C=CC1=O)C(=O)P=S.S=PP=S. The minimum Gasteiger partial charge on any atom is -0.377 e. The molecule has 0 fully saturated rings.